The number of hydrogen-bond donors (Lipinski definition) is 1. The molecule has 2 aliphatic heterocycles. The van der Waals surface area contributed by atoms with Crippen molar-refractivity contribution in [2.45, 2.75) is 38.4 Å². The maximum absolute atomic E-state index is 13.6. The van der Waals surface area contributed by atoms with E-state index in [0.717, 1.165) is 22.4 Å². The van der Waals surface area contributed by atoms with Crippen molar-refractivity contribution in [1.29, 1.82) is 0 Å². The molecule has 5 rings (SSSR count). The summed E-state index contributed by atoms with van der Waals surface area (Å²) in [6.07, 6.45) is 3.85. The molecule has 4 heterocycles. The number of fused-ring (bicyclic) bond motifs is 2. The molecule has 0 bridgehead atoms. The van der Waals surface area contributed by atoms with Crippen molar-refractivity contribution in [3.8, 4) is 0 Å². The number of nitrogens with zero attached hydrogens (tertiary/aromatic N) is 5. The third-order valence-corrected chi connectivity index (χ3v) is 9.91. The molecule has 0 spiro atoms. The van der Waals surface area contributed by atoms with Crippen molar-refractivity contribution in [3.63, 3.8) is 0 Å². The first-order valence-electron chi connectivity index (χ1n) is 12.0. The predicted molar refractivity (Wildman–Crippen MR) is 143 cm³/mol. The van der Waals surface area contributed by atoms with Crippen molar-refractivity contribution in [1.82, 2.24) is 28.4 Å². The Balaban J connectivity index is 1.41. The minimum Gasteiger partial charge on any atom is -0.349 e. The molecule has 37 heavy (non-hydrogen) atoms. The molecular weight excluding hydrogens is 536 g/mol. The SMILES string of the molecule is CC1Cc2nc(C(=O)N3CCN(S(=O)(=O)n4cc5ccc(Cl)cc5c4)CC3CC(=O)N(C)C)sc2CN1. The summed E-state index contributed by atoms with van der Waals surface area (Å²) in [7, 11) is -0.637. The van der Waals surface area contributed by atoms with Gasteiger partial charge in [0.15, 0.2) is 5.01 Å². The molecular formula is C24H29ClN6O4S2. The van der Waals surface area contributed by atoms with Gasteiger partial charge >= 0.3 is 10.2 Å². The smallest absolute Gasteiger partial charge is 0.307 e. The maximum Gasteiger partial charge on any atom is 0.307 e. The van der Waals surface area contributed by atoms with Gasteiger partial charge in [0.05, 0.1) is 11.7 Å². The van der Waals surface area contributed by atoms with Crippen LogP contribution in [0.4, 0.5) is 0 Å². The van der Waals surface area contributed by atoms with Crippen LogP contribution in [0, 0.1) is 0 Å². The molecule has 198 valence electrons. The lowest BCUT2D eigenvalue weighted by atomic mass is 10.1. The zero-order valence-corrected chi connectivity index (χ0v) is 23.2. The van der Waals surface area contributed by atoms with E-state index < -0.39 is 16.3 Å². The molecule has 0 radical (unpaired) electrons. The number of halogens is 1. The van der Waals surface area contributed by atoms with E-state index in [1.165, 1.54) is 30.7 Å². The van der Waals surface area contributed by atoms with Crippen LogP contribution in [-0.4, -0.2) is 89.1 Å². The summed E-state index contributed by atoms with van der Waals surface area (Å²) in [5.41, 5.74) is 0.932. The first-order chi connectivity index (χ1) is 17.5. The van der Waals surface area contributed by atoms with Gasteiger partial charge in [-0.2, -0.15) is 12.7 Å². The fourth-order valence-electron chi connectivity index (χ4n) is 4.74. The fourth-order valence-corrected chi connectivity index (χ4v) is 7.35. The van der Waals surface area contributed by atoms with Gasteiger partial charge in [0.2, 0.25) is 5.91 Å². The Bertz CT molecular complexity index is 1470. The van der Waals surface area contributed by atoms with E-state index in [0.29, 0.717) is 22.0 Å². The standard InChI is InChI=1S/C24H29ClN6O4S2/c1-15-8-20-21(11-26-15)36-23(27-20)24(33)31-7-6-29(14-19(31)10-22(32)28(2)3)37(34,35)30-12-16-4-5-18(25)9-17(16)13-30/h4-5,9,12-13,15,19,26H,6-8,10-11,14H2,1-3H3. The lowest BCUT2D eigenvalue weighted by Crippen LogP contribution is -2.58. The van der Waals surface area contributed by atoms with Crippen LogP contribution < -0.4 is 5.32 Å². The van der Waals surface area contributed by atoms with Crippen LogP contribution >= 0.6 is 22.9 Å². The number of benzene rings is 1. The number of piperazine rings is 1. The number of aromatic nitrogens is 2. The second-order valence-electron chi connectivity index (χ2n) is 9.75. The van der Waals surface area contributed by atoms with E-state index in [1.54, 1.807) is 43.4 Å². The normalized spacial score (nSPS) is 20.7. The molecule has 2 atom stereocenters. The van der Waals surface area contributed by atoms with Crippen LogP contribution in [-0.2, 0) is 28.0 Å². The number of carbonyl (C=O) groups is 2. The summed E-state index contributed by atoms with van der Waals surface area (Å²) in [5, 5.41) is 5.74. The molecule has 0 aliphatic carbocycles. The number of thiazole rings is 1. The maximum atomic E-state index is 13.6. The first kappa shape index (κ1) is 26.1. The van der Waals surface area contributed by atoms with Gasteiger partial charge in [0.25, 0.3) is 5.91 Å². The summed E-state index contributed by atoms with van der Waals surface area (Å²) < 4.78 is 29.6. The quantitative estimate of drug-likeness (QED) is 0.509. The molecule has 1 aromatic carbocycles. The molecule has 13 heteroatoms. The number of amides is 2. The Morgan fingerprint density at radius 2 is 1.97 bits per heavy atom. The molecule has 3 aromatic rings. The minimum atomic E-state index is -3.93. The van der Waals surface area contributed by atoms with Gasteiger partial charge in [-0.1, -0.05) is 17.7 Å². The van der Waals surface area contributed by atoms with E-state index in [2.05, 4.69) is 17.2 Å². The van der Waals surface area contributed by atoms with Crippen LogP contribution in [0.25, 0.3) is 10.8 Å². The lowest BCUT2D eigenvalue weighted by molar-refractivity contribution is -0.130. The summed E-state index contributed by atoms with van der Waals surface area (Å²) >= 11 is 7.44. The Labute approximate surface area is 225 Å². The Hall–Kier alpha value is -2.51. The lowest BCUT2D eigenvalue weighted by Gasteiger charge is -2.40. The fraction of sp³-hybridized carbons (Fsp3) is 0.458. The van der Waals surface area contributed by atoms with Gasteiger partial charge < -0.3 is 15.1 Å². The number of nitrogens with one attached hydrogen (secondary N) is 1. The average Bonchev–Trinajstić information content (AvgIpc) is 3.47. The van der Waals surface area contributed by atoms with Crippen molar-refractivity contribution in [3.05, 3.63) is 51.2 Å². The van der Waals surface area contributed by atoms with Gasteiger partial charge in [0.1, 0.15) is 0 Å². The third kappa shape index (κ3) is 5.13. The van der Waals surface area contributed by atoms with Crippen LogP contribution in [0.15, 0.2) is 30.6 Å². The highest BCUT2D eigenvalue weighted by molar-refractivity contribution is 7.87. The highest BCUT2D eigenvalue weighted by Gasteiger charge is 2.39. The molecule has 1 N–H and O–H groups in total. The van der Waals surface area contributed by atoms with Crippen molar-refractivity contribution >= 4 is 55.7 Å². The van der Waals surface area contributed by atoms with Crippen molar-refractivity contribution in [2.24, 2.45) is 0 Å². The van der Waals surface area contributed by atoms with E-state index in [1.807, 2.05) is 0 Å². The third-order valence-electron chi connectivity index (χ3n) is 6.86. The zero-order chi connectivity index (χ0) is 26.5. The largest absolute Gasteiger partial charge is 0.349 e. The highest BCUT2D eigenvalue weighted by atomic mass is 35.5. The summed E-state index contributed by atoms with van der Waals surface area (Å²) in [6, 6.07) is 4.85. The van der Waals surface area contributed by atoms with E-state index in [9.17, 15) is 18.0 Å². The van der Waals surface area contributed by atoms with Crippen LogP contribution in [0.3, 0.4) is 0 Å². The topological polar surface area (TPSA) is 108 Å². The average molecular weight is 565 g/mol. The minimum absolute atomic E-state index is 0.00656. The van der Waals surface area contributed by atoms with Gasteiger partial charge in [-0.25, -0.2) is 8.96 Å². The molecule has 0 saturated carbocycles. The van der Waals surface area contributed by atoms with Crippen molar-refractivity contribution < 1.29 is 18.0 Å². The molecule has 10 nitrogen and oxygen atoms in total. The van der Waals surface area contributed by atoms with Crippen LogP contribution in [0.1, 0.15) is 33.7 Å². The van der Waals surface area contributed by atoms with Gasteiger partial charge in [0, 0.05) is 92.2 Å². The summed E-state index contributed by atoms with van der Waals surface area (Å²) in [4.78, 5) is 35.0. The molecule has 2 aromatic heterocycles. The monoisotopic (exact) mass is 564 g/mol. The molecule has 2 aliphatic rings. The van der Waals surface area contributed by atoms with Gasteiger partial charge in [-0.15, -0.1) is 11.3 Å². The van der Waals surface area contributed by atoms with Crippen LogP contribution in [0.5, 0.6) is 0 Å². The second kappa shape index (κ2) is 9.99. The molecule has 2 amide bonds. The Kier molecular flexibility index (Phi) is 7.05. The highest BCUT2D eigenvalue weighted by Crippen LogP contribution is 2.28. The van der Waals surface area contributed by atoms with Gasteiger partial charge in [-0.05, 0) is 19.1 Å². The predicted octanol–water partition coefficient (Wildman–Crippen LogP) is 2.18. The molecule has 1 fully saturated rings. The number of rotatable bonds is 5. The number of carbonyl (C=O) groups excluding carboxylic acids is 2. The van der Waals surface area contributed by atoms with E-state index in [-0.39, 0.29) is 43.9 Å². The van der Waals surface area contributed by atoms with Crippen molar-refractivity contribution in [2.75, 3.05) is 33.7 Å². The second-order valence-corrected chi connectivity index (χ2v) is 13.1. The Morgan fingerprint density at radius 3 is 2.73 bits per heavy atom. The number of hydrogen-bond acceptors (Lipinski definition) is 7. The zero-order valence-electron chi connectivity index (χ0n) is 20.8. The van der Waals surface area contributed by atoms with E-state index in [4.69, 9.17) is 11.6 Å². The van der Waals surface area contributed by atoms with Crippen LogP contribution in [0.2, 0.25) is 5.02 Å². The molecule has 1 saturated heterocycles. The van der Waals surface area contributed by atoms with Gasteiger partial charge in [-0.3, -0.25) is 9.59 Å². The van der Waals surface area contributed by atoms with E-state index >= 15 is 0 Å². The molecule has 2 unspecified atom stereocenters. The first-order valence-corrected chi connectivity index (χ1v) is 14.6. The Morgan fingerprint density at radius 1 is 1.22 bits per heavy atom. The summed E-state index contributed by atoms with van der Waals surface area (Å²) in [5.74, 6) is -0.443. The summed E-state index contributed by atoms with van der Waals surface area (Å²) in [6.45, 7) is 3.03.